The zero-order valence-corrected chi connectivity index (χ0v) is 18.7. The lowest BCUT2D eigenvalue weighted by molar-refractivity contribution is 0.104. The zero-order chi connectivity index (χ0) is 22.4. The van der Waals surface area contributed by atoms with Crippen LogP contribution < -0.4 is 15.4 Å². The minimum Gasteiger partial charge on any atom is -0.422 e. The summed E-state index contributed by atoms with van der Waals surface area (Å²) in [7, 11) is 0. The predicted octanol–water partition coefficient (Wildman–Crippen LogP) is 5.38. The molecule has 5 nitrogen and oxygen atoms in total. The zero-order valence-electron chi connectivity index (χ0n) is 18.7. The number of allylic oxidation sites excluding steroid dienone is 1. The van der Waals surface area contributed by atoms with E-state index < -0.39 is 5.63 Å². The molecule has 0 aliphatic carbocycles. The molecule has 0 N–H and O–H groups in total. The third-order valence-corrected chi connectivity index (χ3v) is 5.56. The number of carbonyl (C=O) groups excluding carboxylic acids is 1. The van der Waals surface area contributed by atoms with Crippen molar-refractivity contribution in [3.05, 3.63) is 76.2 Å². The van der Waals surface area contributed by atoms with Crippen molar-refractivity contribution in [2.24, 2.45) is 0 Å². The van der Waals surface area contributed by atoms with Gasteiger partial charge in [0.1, 0.15) is 11.1 Å². The van der Waals surface area contributed by atoms with E-state index in [1.165, 1.54) is 6.08 Å². The van der Waals surface area contributed by atoms with Gasteiger partial charge in [-0.25, -0.2) is 4.79 Å². The topological polar surface area (TPSA) is 53.8 Å². The number of rotatable bonds is 9. The van der Waals surface area contributed by atoms with Crippen molar-refractivity contribution in [3.8, 4) is 0 Å². The van der Waals surface area contributed by atoms with Crippen molar-refractivity contribution in [1.82, 2.24) is 0 Å². The predicted molar refractivity (Wildman–Crippen MR) is 129 cm³/mol. The summed E-state index contributed by atoms with van der Waals surface area (Å²) in [6.07, 6.45) is 3.15. The van der Waals surface area contributed by atoms with E-state index in [0.717, 1.165) is 48.5 Å². The number of hydrogen-bond donors (Lipinski definition) is 0. The molecular weight excluding hydrogens is 388 g/mol. The van der Waals surface area contributed by atoms with Crippen LogP contribution in [-0.2, 0) is 0 Å². The van der Waals surface area contributed by atoms with E-state index >= 15 is 0 Å². The number of nitrogens with zero attached hydrogens (tertiary/aromatic N) is 2. The fourth-order valence-electron chi connectivity index (χ4n) is 3.70. The first kappa shape index (κ1) is 22.3. The smallest absolute Gasteiger partial charge is 0.347 e. The highest BCUT2D eigenvalue weighted by Gasteiger charge is 2.13. The maximum Gasteiger partial charge on any atom is 0.347 e. The van der Waals surface area contributed by atoms with Gasteiger partial charge in [0.15, 0.2) is 5.78 Å². The molecule has 3 rings (SSSR count). The molecule has 1 aromatic heterocycles. The molecular formula is C26H30N2O3. The van der Waals surface area contributed by atoms with E-state index in [4.69, 9.17) is 4.42 Å². The van der Waals surface area contributed by atoms with Gasteiger partial charge in [0.05, 0.1) is 0 Å². The summed E-state index contributed by atoms with van der Waals surface area (Å²) in [6, 6.07) is 15.3. The highest BCUT2D eigenvalue weighted by molar-refractivity contribution is 6.07. The highest BCUT2D eigenvalue weighted by atomic mass is 16.4. The second kappa shape index (κ2) is 10.1. The van der Waals surface area contributed by atoms with Gasteiger partial charge < -0.3 is 14.2 Å². The Labute approximate surface area is 183 Å². The lowest BCUT2D eigenvalue weighted by Gasteiger charge is -2.21. The number of fused-ring (bicyclic) bond motifs is 1. The molecule has 3 aromatic rings. The van der Waals surface area contributed by atoms with Gasteiger partial charge in [0.25, 0.3) is 0 Å². The van der Waals surface area contributed by atoms with Gasteiger partial charge in [0.2, 0.25) is 0 Å². The summed E-state index contributed by atoms with van der Waals surface area (Å²) in [5.74, 6) is -0.365. The lowest BCUT2D eigenvalue weighted by Crippen LogP contribution is -2.21. The van der Waals surface area contributed by atoms with Gasteiger partial charge in [-0.3, -0.25) is 4.79 Å². The number of carbonyl (C=O) groups is 1. The number of hydrogen-bond acceptors (Lipinski definition) is 5. The molecule has 0 bridgehead atoms. The third kappa shape index (κ3) is 5.05. The van der Waals surface area contributed by atoms with Crippen LogP contribution in [-0.4, -0.2) is 32.0 Å². The summed E-state index contributed by atoms with van der Waals surface area (Å²) in [6.45, 7) is 12.0. The SMILES string of the molecule is CCN(CC)c1ccc(C=CC(=O)c2cc3ccc(N(CC)CC)cc3oc2=O)cc1. The summed E-state index contributed by atoms with van der Waals surface area (Å²) in [5.41, 5.74) is 2.95. The Kier molecular flexibility index (Phi) is 7.29. The van der Waals surface area contributed by atoms with Crippen molar-refractivity contribution in [2.45, 2.75) is 27.7 Å². The van der Waals surface area contributed by atoms with Gasteiger partial charge >= 0.3 is 5.63 Å². The first-order valence-electron chi connectivity index (χ1n) is 10.9. The van der Waals surface area contributed by atoms with E-state index in [0.29, 0.717) is 5.58 Å². The van der Waals surface area contributed by atoms with Crippen LogP contribution in [0.1, 0.15) is 43.6 Å². The summed E-state index contributed by atoms with van der Waals surface area (Å²) in [4.78, 5) is 29.5. The maximum atomic E-state index is 12.7. The van der Waals surface area contributed by atoms with Crippen molar-refractivity contribution in [3.63, 3.8) is 0 Å². The van der Waals surface area contributed by atoms with E-state index in [2.05, 4.69) is 37.5 Å². The molecule has 0 atom stereocenters. The van der Waals surface area contributed by atoms with Crippen molar-refractivity contribution >= 4 is 34.2 Å². The Morgan fingerprint density at radius 1 is 0.839 bits per heavy atom. The summed E-state index contributed by atoms with van der Waals surface area (Å²) >= 11 is 0. The van der Waals surface area contributed by atoms with Gasteiger partial charge in [-0.05, 0) is 69.7 Å². The molecule has 31 heavy (non-hydrogen) atoms. The molecule has 0 aliphatic heterocycles. The molecule has 0 aliphatic rings. The van der Waals surface area contributed by atoms with Crippen LogP contribution in [0, 0.1) is 0 Å². The third-order valence-electron chi connectivity index (χ3n) is 5.56. The Hall–Kier alpha value is -3.34. The highest BCUT2D eigenvalue weighted by Crippen LogP contribution is 2.22. The van der Waals surface area contributed by atoms with Crippen LogP contribution in [0.15, 0.2) is 63.8 Å². The molecule has 2 aromatic carbocycles. The van der Waals surface area contributed by atoms with E-state index in [1.54, 1.807) is 12.1 Å². The summed E-state index contributed by atoms with van der Waals surface area (Å²) < 4.78 is 5.47. The van der Waals surface area contributed by atoms with E-state index in [-0.39, 0.29) is 11.3 Å². The molecule has 0 unspecified atom stereocenters. The lowest BCUT2D eigenvalue weighted by atomic mass is 10.1. The van der Waals surface area contributed by atoms with Crippen LogP contribution >= 0.6 is 0 Å². The molecule has 5 heteroatoms. The number of anilines is 2. The Morgan fingerprint density at radius 2 is 1.42 bits per heavy atom. The monoisotopic (exact) mass is 418 g/mol. The standard InChI is InChI=1S/C26H30N2O3/c1-5-27(6-2)21-13-9-19(10-14-21)11-16-24(29)23-17-20-12-15-22(28(7-3)8-4)18-25(20)31-26(23)30/h9-18H,5-8H2,1-4H3. The molecule has 0 saturated heterocycles. The van der Waals surface area contributed by atoms with Crippen LogP contribution in [0.3, 0.4) is 0 Å². The average molecular weight is 419 g/mol. The maximum absolute atomic E-state index is 12.7. The van der Waals surface area contributed by atoms with Crippen LogP contribution in [0.2, 0.25) is 0 Å². The van der Waals surface area contributed by atoms with Crippen molar-refractivity contribution in [2.75, 3.05) is 36.0 Å². The fraction of sp³-hybridized carbons (Fsp3) is 0.308. The molecule has 0 spiro atoms. The van der Waals surface area contributed by atoms with Crippen LogP contribution in [0.4, 0.5) is 11.4 Å². The molecule has 0 amide bonds. The average Bonchev–Trinajstić information content (AvgIpc) is 2.79. The molecule has 0 radical (unpaired) electrons. The van der Waals surface area contributed by atoms with Crippen molar-refractivity contribution in [1.29, 1.82) is 0 Å². The quantitative estimate of drug-likeness (QED) is 0.265. The molecule has 162 valence electrons. The van der Waals surface area contributed by atoms with Crippen molar-refractivity contribution < 1.29 is 9.21 Å². The molecule has 1 heterocycles. The van der Waals surface area contributed by atoms with Gasteiger partial charge in [0, 0.05) is 49.0 Å². The van der Waals surface area contributed by atoms with E-state index in [1.807, 2.05) is 42.5 Å². The second-order valence-electron chi connectivity index (χ2n) is 7.30. The minimum absolute atomic E-state index is 0.0408. The Morgan fingerprint density at radius 3 is 2.03 bits per heavy atom. The largest absolute Gasteiger partial charge is 0.422 e. The first-order valence-corrected chi connectivity index (χ1v) is 10.9. The first-order chi connectivity index (χ1) is 15.0. The normalized spacial score (nSPS) is 11.2. The van der Waals surface area contributed by atoms with Gasteiger partial charge in [-0.2, -0.15) is 0 Å². The van der Waals surface area contributed by atoms with Crippen LogP contribution in [0.25, 0.3) is 17.0 Å². The Balaban J connectivity index is 1.82. The van der Waals surface area contributed by atoms with Gasteiger partial charge in [-0.1, -0.05) is 18.2 Å². The summed E-state index contributed by atoms with van der Waals surface area (Å²) in [5, 5.41) is 0.732. The Bertz CT molecular complexity index is 1120. The van der Waals surface area contributed by atoms with Gasteiger partial charge in [-0.15, -0.1) is 0 Å². The number of ketones is 1. The van der Waals surface area contributed by atoms with E-state index in [9.17, 15) is 9.59 Å². The fourth-order valence-corrected chi connectivity index (χ4v) is 3.70. The van der Waals surface area contributed by atoms with Crippen LogP contribution in [0.5, 0.6) is 0 Å². The second-order valence-corrected chi connectivity index (χ2v) is 7.30. The minimum atomic E-state index is -0.615. The molecule has 0 saturated carbocycles. The number of benzene rings is 2. The molecule has 0 fully saturated rings.